The van der Waals surface area contributed by atoms with Gasteiger partial charge in [-0.15, -0.1) is 0 Å². The number of fused-ring (bicyclic) bond motifs is 1. The van der Waals surface area contributed by atoms with Gasteiger partial charge in [0.15, 0.2) is 16.4 Å². The molecule has 160 valence electrons. The van der Waals surface area contributed by atoms with Crippen molar-refractivity contribution in [3.63, 3.8) is 0 Å². The number of benzene rings is 2. The maximum absolute atomic E-state index is 13.3. The van der Waals surface area contributed by atoms with Crippen molar-refractivity contribution in [3.8, 4) is 17.2 Å². The third kappa shape index (κ3) is 3.56. The Morgan fingerprint density at radius 3 is 2.30 bits per heavy atom. The summed E-state index contributed by atoms with van der Waals surface area (Å²) in [6.07, 6.45) is 0. The normalized spacial score (nSPS) is 14.8. The molecule has 2 aromatic carbocycles. The fourth-order valence-electron chi connectivity index (χ4n) is 3.45. The molecule has 0 unspecified atom stereocenters. The third-order valence-electron chi connectivity index (χ3n) is 4.88. The molecule has 1 N–H and O–H groups in total. The topological polar surface area (TPSA) is 94.2 Å². The summed E-state index contributed by atoms with van der Waals surface area (Å²) in [7, 11) is 0.404. The van der Waals surface area contributed by atoms with Crippen LogP contribution >= 0.6 is 0 Å². The Morgan fingerprint density at radius 1 is 1.03 bits per heavy atom. The van der Waals surface area contributed by atoms with Crippen LogP contribution in [0.4, 0.5) is 11.4 Å². The zero-order valence-electron chi connectivity index (χ0n) is 17.5. The lowest BCUT2D eigenvalue weighted by Gasteiger charge is -2.32. The van der Waals surface area contributed by atoms with Crippen LogP contribution in [0.1, 0.15) is 19.4 Å². The zero-order chi connectivity index (χ0) is 22.1. The molecular weight excluding hydrogens is 408 g/mol. The molecular formula is C21H24N2O6S. The van der Waals surface area contributed by atoms with E-state index in [2.05, 4.69) is 5.32 Å². The van der Waals surface area contributed by atoms with Crippen LogP contribution in [-0.4, -0.2) is 42.2 Å². The Bertz CT molecular complexity index is 1120. The van der Waals surface area contributed by atoms with Crippen LogP contribution in [0.25, 0.3) is 5.57 Å². The molecule has 0 radical (unpaired) electrons. The van der Waals surface area contributed by atoms with Crippen molar-refractivity contribution in [2.24, 2.45) is 0 Å². The number of amides is 1. The van der Waals surface area contributed by atoms with Crippen molar-refractivity contribution in [1.82, 2.24) is 0 Å². The summed E-state index contributed by atoms with van der Waals surface area (Å²) in [4.78, 5) is 12.8. The Balaban J connectivity index is 2.16. The molecule has 0 spiro atoms. The quantitative estimate of drug-likeness (QED) is 0.753. The van der Waals surface area contributed by atoms with Crippen molar-refractivity contribution in [2.45, 2.75) is 13.8 Å². The predicted octanol–water partition coefficient (Wildman–Crippen LogP) is 3.25. The second-order valence-corrected chi connectivity index (χ2v) is 8.33. The number of hydrogen-bond donors (Lipinski definition) is 1. The minimum Gasteiger partial charge on any atom is -0.497 e. The smallest absolute Gasteiger partial charge is 0.270 e. The minimum atomic E-state index is -4.08. The first kappa shape index (κ1) is 21.5. The third-order valence-corrected chi connectivity index (χ3v) is 6.93. The summed E-state index contributed by atoms with van der Waals surface area (Å²) in [6, 6.07) is 9.99. The number of sulfonamides is 1. The van der Waals surface area contributed by atoms with Gasteiger partial charge in [0.25, 0.3) is 15.9 Å². The first-order chi connectivity index (χ1) is 14.3. The van der Waals surface area contributed by atoms with Gasteiger partial charge in [-0.25, -0.2) is 8.42 Å². The van der Waals surface area contributed by atoms with Crippen LogP contribution < -0.4 is 23.8 Å². The molecule has 1 aliphatic heterocycles. The number of ether oxygens (including phenoxy) is 3. The molecule has 0 fully saturated rings. The van der Waals surface area contributed by atoms with Crippen molar-refractivity contribution in [1.29, 1.82) is 0 Å². The molecule has 3 rings (SSSR count). The van der Waals surface area contributed by atoms with Gasteiger partial charge in [0.05, 0.1) is 27.0 Å². The number of allylic oxidation sites excluding steroid dienone is 1. The Hall–Kier alpha value is -3.20. The molecule has 0 atom stereocenters. The number of anilines is 2. The summed E-state index contributed by atoms with van der Waals surface area (Å²) >= 11 is 0. The summed E-state index contributed by atoms with van der Waals surface area (Å²) < 4.78 is 43.7. The summed E-state index contributed by atoms with van der Waals surface area (Å²) in [5.41, 5.74) is 1.78. The maximum Gasteiger partial charge on any atom is 0.270 e. The zero-order valence-corrected chi connectivity index (χ0v) is 18.3. The molecule has 1 heterocycles. The van der Waals surface area contributed by atoms with Gasteiger partial charge in [-0.05, 0) is 37.6 Å². The van der Waals surface area contributed by atoms with Crippen LogP contribution in [0.5, 0.6) is 17.2 Å². The van der Waals surface area contributed by atoms with Crippen molar-refractivity contribution >= 4 is 32.9 Å². The second kappa shape index (κ2) is 8.27. The molecule has 0 aliphatic carbocycles. The molecule has 0 aromatic heterocycles. The monoisotopic (exact) mass is 432 g/mol. The molecule has 1 aliphatic rings. The van der Waals surface area contributed by atoms with E-state index < -0.39 is 15.9 Å². The summed E-state index contributed by atoms with van der Waals surface area (Å²) in [6.45, 7) is 3.46. The lowest BCUT2D eigenvalue weighted by molar-refractivity contribution is -0.112. The van der Waals surface area contributed by atoms with Gasteiger partial charge in [-0.2, -0.15) is 0 Å². The molecule has 0 bridgehead atoms. The van der Waals surface area contributed by atoms with Gasteiger partial charge < -0.3 is 19.5 Å². The van der Waals surface area contributed by atoms with Gasteiger partial charge in [0.1, 0.15) is 5.75 Å². The minimum absolute atomic E-state index is 0.147. The summed E-state index contributed by atoms with van der Waals surface area (Å²) in [5, 5.41) is 2.66. The van der Waals surface area contributed by atoms with E-state index in [1.165, 1.54) is 25.6 Å². The highest BCUT2D eigenvalue weighted by Crippen LogP contribution is 2.44. The SMILES string of the molecule is CCN1c2cc(OC)c(OC)cc2C(C)=C(C(=O)Nc2cccc(OC)c2)S1(=O)=O. The fourth-order valence-corrected chi connectivity index (χ4v) is 5.20. The van der Waals surface area contributed by atoms with E-state index in [1.54, 1.807) is 50.2 Å². The first-order valence-corrected chi connectivity index (χ1v) is 10.7. The number of rotatable bonds is 6. The second-order valence-electron chi connectivity index (χ2n) is 6.53. The van der Waals surface area contributed by atoms with E-state index in [-0.39, 0.29) is 11.4 Å². The lowest BCUT2D eigenvalue weighted by Crippen LogP contribution is -2.39. The molecule has 1 amide bonds. The van der Waals surface area contributed by atoms with Gasteiger partial charge in [0, 0.05) is 29.9 Å². The van der Waals surface area contributed by atoms with Crippen LogP contribution in [0, 0.1) is 0 Å². The number of carbonyl (C=O) groups excluding carboxylic acids is 1. The standard InChI is InChI=1S/C21H24N2O6S/c1-6-23-17-12-19(29-5)18(28-4)11-16(17)13(2)20(30(23,25)26)21(24)22-14-8-7-9-15(10-14)27-3/h7-12H,6H2,1-5H3,(H,22,24). The van der Waals surface area contributed by atoms with Crippen molar-refractivity contribution < 1.29 is 27.4 Å². The maximum atomic E-state index is 13.3. The predicted molar refractivity (Wildman–Crippen MR) is 116 cm³/mol. The highest BCUT2D eigenvalue weighted by molar-refractivity contribution is 7.97. The Morgan fingerprint density at radius 2 is 1.70 bits per heavy atom. The summed E-state index contributed by atoms with van der Waals surface area (Å²) in [5.74, 6) is 0.669. The van der Waals surface area contributed by atoms with Crippen LogP contribution in [0.15, 0.2) is 41.3 Å². The largest absolute Gasteiger partial charge is 0.497 e. The molecule has 0 saturated carbocycles. The van der Waals surface area contributed by atoms with Crippen LogP contribution in [-0.2, 0) is 14.8 Å². The highest BCUT2D eigenvalue weighted by atomic mass is 32.2. The van der Waals surface area contributed by atoms with Crippen molar-refractivity contribution in [3.05, 3.63) is 46.9 Å². The average Bonchev–Trinajstić information content (AvgIpc) is 2.72. The Kier molecular flexibility index (Phi) is 5.93. The average molecular weight is 432 g/mol. The van der Waals surface area contributed by atoms with E-state index in [1.807, 2.05) is 0 Å². The first-order valence-electron chi connectivity index (χ1n) is 9.23. The highest BCUT2D eigenvalue weighted by Gasteiger charge is 2.39. The van der Waals surface area contributed by atoms with Gasteiger partial charge >= 0.3 is 0 Å². The molecule has 0 saturated heterocycles. The lowest BCUT2D eigenvalue weighted by atomic mass is 10.0. The number of carbonyl (C=O) groups is 1. The fraction of sp³-hybridized carbons (Fsp3) is 0.286. The van der Waals surface area contributed by atoms with Gasteiger partial charge in [-0.3, -0.25) is 9.10 Å². The number of hydrogen-bond acceptors (Lipinski definition) is 6. The molecule has 2 aromatic rings. The molecule has 8 nitrogen and oxygen atoms in total. The van der Waals surface area contributed by atoms with Gasteiger partial charge in [-0.1, -0.05) is 6.07 Å². The number of methoxy groups -OCH3 is 3. The van der Waals surface area contributed by atoms with E-state index in [4.69, 9.17) is 14.2 Å². The molecule has 9 heteroatoms. The van der Waals surface area contributed by atoms with Crippen LogP contribution in [0.3, 0.4) is 0 Å². The van der Waals surface area contributed by atoms with Gasteiger partial charge in [0.2, 0.25) is 0 Å². The van der Waals surface area contributed by atoms with E-state index in [9.17, 15) is 13.2 Å². The van der Waals surface area contributed by atoms with Crippen LogP contribution in [0.2, 0.25) is 0 Å². The number of nitrogens with zero attached hydrogens (tertiary/aromatic N) is 1. The van der Waals surface area contributed by atoms with Crippen molar-refractivity contribution in [2.75, 3.05) is 37.5 Å². The Labute approximate surface area is 176 Å². The van der Waals surface area contributed by atoms with E-state index in [0.29, 0.717) is 39.8 Å². The number of nitrogens with one attached hydrogen (secondary N) is 1. The van der Waals surface area contributed by atoms with E-state index >= 15 is 0 Å². The molecule has 30 heavy (non-hydrogen) atoms. The van der Waals surface area contributed by atoms with E-state index in [0.717, 1.165) is 0 Å².